The minimum absolute atomic E-state index is 0.282. The summed E-state index contributed by atoms with van der Waals surface area (Å²) in [5.41, 5.74) is 3.52. The highest BCUT2D eigenvalue weighted by Crippen LogP contribution is 2.28. The number of ether oxygens (including phenoxy) is 2. The maximum Gasteiger partial charge on any atom is 0.291 e. The second-order valence-electron chi connectivity index (χ2n) is 8.75. The molecule has 0 amide bonds. The Morgan fingerprint density at radius 3 is 2.40 bits per heavy atom. The van der Waals surface area contributed by atoms with Gasteiger partial charge in [0.2, 0.25) is 4.96 Å². The number of halogens is 1. The third kappa shape index (κ3) is 4.87. The van der Waals surface area contributed by atoms with Gasteiger partial charge in [-0.25, -0.2) is 9.07 Å². The van der Waals surface area contributed by atoms with Gasteiger partial charge in [-0.15, -0.1) is 5.10 Å². The molecule has 0 atom stereocenters. The van der Waals surface area contributed by atoms with Crippen LogP contribution in [0.4, 0.5) is 4.39 Å². The first-order valence-corrected chi connectivity index (χ1v) is 13.1. The van der Waals surface area contributed by atoms with E-state index in [1.165, 1.54) is 28.0 Å². The van der Waals surface area contributed by atoms with E-state index in [4.69, 9.17) is 14.6 Å². The topological polar surface area (TPSA) is 83.5 Å². The Morgan fingerprint density at radius 2 is 1.68 bits per heavy atom. The van der Waals surface area contributed by atoms with E-state index < -0.39 is 0 Å². The first kappa shape index (κ1) is 25.2. The van der Waals surface area contributed by atoms with Gasteiger partial charge in [0.1, 0.15) is 11.5 Å². The summed E-state index contributed by atoms with van der Waals surface area (Å²) < 4.78 is 27.7. The van der Waals surface area contributed by atoms with Crippen molar-refractivity contribution in [1.82, 2.24) is 24.4 Å². The van der Waals surface area contributed by atoms with Crippen LogP contribution < -0.4 is 19.6 Å². The summed E-state index contributed by atoms with van der Waals surface area (Å²) >= 11 is 1.24. The molecule has 0 saturated heterocycles. The lowest BCUT2D eigenvalue weighted by atomic mass is 10.1. The second kappa shape index (κ2) is 10.6. The van der Waals surface area contributed by atoms with Crippen molar-refractivity contribution in [1.29, 1.82) is 0 Å². The van der Waals surface area contributed by atoms with E-state index in [1.54, 1.807) is 43.2 Å². The van der Waals surface area contributed by atoms with Gasteiger partial charge in [-0.2, -0.15) is 14.6 Å². The van der Waals surface area contributed by atoms with Crippen LogP contribution in [-0.4, -0.2) is 38.6 Å². The fourth-order valence-electron chi connectivity index (χ4n) is 4.23. The Morgan fingerprint density at radius 1 is 0.900 bits per heavy atom. The zero-order chi connectivity index (χ0) is 27.6. The highest BCUT2D eigenvalue weighted by Gasteiger charge is 2.14. The molecule has 0 aliphatic heterocycles. The number of thiazole rings is 1. The summed E-state index contributed by atoms with van der Waals surface area (Å²) in [5, 5.41) is 9.13. The quantitative estimate of drug-likeness (QED) is 0.281. The van der Waals surface area contributed by atoms with Crippen molar-refractivity contribution in [3.05, 3.63) is 117 Å². The maximum atomic E-state index is 13.6. The van der Waals surface area contributed by atoms with Crippen molar-refractivity contribution < 1.29 is 13.9 Å². The van der Waals surface area contributed by atoms with E-state index >= 15 is 0 Å². The summed E-state index contributed by atoms with van der Waals surface area (Å²) in [6.07, 6.45) is 7.19. The van der Waals surface area contributed by atoms with Crippen molar-refractivity contribution in [2.45, 2.75) is 0 Å². The Hall–Kier alpha value is -5.09. The van der Waals surface area contributed by atoms with Crippen LogP contribution in [0.15, 0.2) is 83.8 Å². The van der Waals surface area contributed by atoms with Gasteiger partial charge < -0.3 is 9.47 Å². The Bertz CT molecular complexity index is 1960. The van der Waals surface area contributed by atoms with Gasteiger partial charge in [0, 0.05) is 17.3 Å². The Labute approximate surface area is 231 Å². The summed E-state index contributed by atoms with van der Waals surface area (Å²) in [5.74, 6) is 1.33. The predicted octanol–water partition coefficient (Wildman–Crippen LogP) is 4.88. The highest BCUT2D eigenvalue weighted by molar-refractivity contribution is 7.15. The van der Waals surface area contributed by atoms with Crippen LogP contribution in [-0.2, 0) is 0 Å². The van der Waals surface area contributed by atoms with Crippen LogP contribution in [0.2, 0.25) is 0 Å². The van der Waals surface area contributed by atoms with E-state index in [0.717, 1.165) is 16.8 Å². The Balaban J connectivity index is 1.37. The second-order valence-corrected chi connectivity index (χ2v) is 9.76. The molecule has 6 aromatic rings. The molecule has 3 aromatic carbocycles. The van der Waals surface area contributed by atoms with Crippen LogP contribution in [0.5, 0.6) is 11.5 Å². The van der Waals surface area contributed by atoms with Gasteiger partial charge in [-0.1, -0.05) is 41.7 Å². The first-order chi connectivity index (χ1) is 19.5. The number of para-hydroxylation sites is 1. The largest absolute Gasteiger partial charge is 0.493 e. The summed E-state index contributed by atoms with van der Waals surface area (Å²) in [4.78, 5) is 18.2. The van der Waals surface area contributed by atoms with Gasteiger partial charge in [0.25, 0.3) is 5.56 Å². The molecule has 3 heterocycles. The molecule has 0 unspecified atom stereocenters. The molecule has 198 valence electrons. The number of methoxy groups -OCH3 is 2. The average Bonchev–Trinajstić information content (AvgIpc) is 3.67. The molecule has 0 saturated carbocycles. The number of nitrogens with zero attached hydrogens (tertiary/aromatic N) is 5. The Kier molecular flexibility index (Phi) is 6.67. The standard InChI is InChI=1S/C30H22FN5O3S/c1-38-24-14-8-19(16-25(24)39-2)9-15-27-32-30-36(33-27)29(37)26(40-30)17-21-18-35(23-6-4-3-5-7-23)34-28(21)20-10-12-22(31)13-11-20/h3-18H,1-2H3. The first-order valence-electron chi connectivity index (χ1n) is 12.2. The third-order valence-electron chi connectivity index (χ3n) is 6.20. The van der Waals surface area contributed by atoms with Crippen molar-refractivity contribution in [3.8, 4) is 28.4 Å². The molecule has 0 fully saturated rings. The molecule has 6 rings (SSSR count). The van der Waals surface area contributed by atoms with Crippen molar-refractivity contribution in [2.75, 3.05) is 14.2 Å². The molecule has 3 aromatic heterocycles. The van der Waals surface area contributed by atoms with Gasteiger partial charge in [0.15, 0.2) is 17.3 Å². The third-order valence-corrected chi connectivity index (χ3v) is 7.16. The van der Waals surface area contributed by atoms with Crippen LogP contribution in [0, 0.1) is 5.82 Å². The van der Waals surface area contributed by atoms with E-state index in [-0.39, 0.29) is 11.4 Å². The molecule has 0 radical (unpaired) electrons. The smallest absolute Gasteiger partial charge is 0.291 e. The predicted molar refractivity (Wildman–Crippen MR) is 153 cm³/mol. The minimum Gasteiger partial charge on any atom is -0.493 e. The van der Waals surface area contributed by atoms with Crippen LogP contribution in [0.3, 0.4) is 0 Å². The summed E-state index contributed by atoms with van der Waals surface area (Å²) in [6, 6.07) is 21.3. The maximum absolute atomic E-state index is 13.6. The van der Waals surface area contributed by atoms with Crippen LogP contribution in [0.25, 0.3) is 40.1 Å². The normalized spacial score (nSPS) is 12.0. The lowest BCUT2D eigenvalue weighted by Gasteiger charge is -2.07. The van der Waals surface area contributed by atoms with Gasteiger partial charge in [-0.05, 0) is 66.2 Å². The lowest BCUT2D eigenvalue weighted by molar-refractivity contribution is 0.355. The van der Waals surface area contributed by atoms with Gasteiger partial charge in [-0.3, -0.25) is 4.79 Å². The molecule has 40 heavy (non-hydrogen) atoms. The number of hydrogen-bond donors (Lipinski definition) is 0. The highest BCUT2D eigenvalue weighted by atomic mass is 32.1. The number of rotatable bonds is 7. The number of fused-ring (bicyclic) bond motifs is 1. The SMILES string of the molecule is COc1ccc(C=Cc2nc3sc(=Cc4cn(-c5ccccc5)nc4-c4ccc(F)cc4)c(=O)n3n2)cc1OC. The zero-order valence-corrected chi connectivity index (χ0v) is 22.3. The molecule has 0 spiro atoms. The van der Waals surface area contributed by atoms with Gasteiger partial charge >= 0.3 is 0 Å². The molecule has 0 bridgehead atoms. The van der Waals surface area contributed by atoms with E-state index in [1.807, 2.05) is 60.8 Å². The molecule has 10 heteroatoms. The zero-order valence-electron chi connectivity index (χ0n) is 21.5. The fraction of sp³-hybridized carbons (Fsp3) is 0.0667. The number of aromatic nitrogens is 5. The van der Waals surface area contributed by atoms with Gasteiger partial charge in [0.05, 0.1) is 24.4 Å². The molecule has 0 aliphatic carbocycles. The molecule has 0 N–H and O–H groups in total. The molecule has 8 nitrogen and oxygen atoms in total. The minimum atomic E-state index is -0.333. The van der Waals surface area contributed by atoms with Crippen molar-refractivity contribution >= 4 is 34.5 Å². The fourth-order valence-corrected chi connectivity index (χ4v) is 5.13. The summed E-state index contributed by atoms with van der Waals surface area (Å²) in [7, 11) is 3.16. The van der Waals surface area contributed by atoms with Crippen LogP contribution in [0.1, 0.15) is 17.0 Å². The van der Waals surface area contributed by atoms with E-state index in [0.29, 0.717) is 38.1 Å². The number of hydrogen-bond acceptors (Lipinski definition) is 7. The molecular weight excluding hydrogens is 529 g/mol. The summed E-state index contributed by atoms with van der Waals surface area (Å²) in [6.45, 7) is 0. The van der Waals surface area contributed by atoms with E-state index in [2.05, 4.69) is 10.1 Å². The van der Waals surface area contributed by atoms with Crippen molar-refractivity contribution in [3.63, 3.8) is 0 Å². The molecular formula is C30H22FN5O3S. The van der Waals surface area contributed by atoms with Crippen molar-refractivity contribution in [2.24, 2.45) is 0 Å². The monoisotopic (exact) mass is 551 g/mol. The number of benzene rings is 3. The van der Waals surface area contributed by atoms with E-state index in [9.17, 15) is 9.18 Å². The molecule has 0 aliphatic rings. The van der Waals surface area contributed by atoms with Crippen LogP contribution >= 0.6 is 11.3 Å². The average molecular weight is 552 g/mol. The lowest BCUT2D eigenvalue weighted by Crippen LogP contribution is -2.23.